The number of halogens is 1. The van der Waals surface area contributed by atoms with Crippen LogP contribution in [0.15, 0.2) is 33.8 Å². The van der Waals surface area contributed by atoms with Gasteiger partial charge in [0.25, 0.3) is 5.91 Å². The zero-order valence-electron chi connectivity index (χ0n) is 14.5. The van der Waals surface area contributed by atoms with E-state index in [4.69, 9.17) is 0 Å². The fraction of sp³-hybridized carbons (Fsp3) is 0.353. The van der Waals surface area contributed by atoms with Crippen LogP contribution >= 0.6 is 27.5 Å². The monoisotopic (exact) mass is 462 g/mol. The molecule has 3 aromatic rings. The molecular formula is C17H15BrN6O3S. The molecule has 2 aromatic heterocycles. The Hall–Kier alpha value is -2.53. The van der Waals surface area contributed by atoms with Gasteiger partial charge in [0.15, 0.2) is 0 Å². The maximum atomic E-state index is 13.1. The first-order valence-electron chi connectivity index (χ1n) is 8.76. The lowest BCUT2D eigenvalue weighted by Crippen LogP contribution is -2.51. The molecule has 0 radical (unpaired) electrons. The van der Waals surface area contributed by atoms with Crippen molar-refractivity contribution in [1.29, 1.82) is 0 Å². The summed E-state index contributed by atoms with van der Waals surface area (Å²) in [7, 11) is 0. The topological polar surface area (TPSA) is 104 Å². The van der Waals surface area contributed by atoms with Gasteiger partial charge in [0.2, 0.25) is 5.91 Å². The van der Waals surface area contributed by atoms with E-state index in [1.165, 1.54) is 22.4 Å². The highest BCUT2D eigenvalue weighted by Gasteiger charge is 2.47. The molecule has 4 heterocycles. The number of piperazine rings is 1. The number of nitrogens with zero attached hydrogens (tertiary/aromatic N) is 5. The smallest absolute Gasteiger partial charge is 0.334 e. The van der Waals surface area contributed by atoms with E-state index in [1.54, 1.807) is 4.90 Å². The number of aromatic nitrogens is 4. The number of nitrogens with one attached hydrogen (secondary N) is 1. The summed E-state index contributed by atoms with van der Waals surface area (Å²) in [6, 6.07) is 5.69. The fourth-order valence-electron chi connectivity index (χ4n) is 4.04. The van der Waals surface area contributed by atoms with Crippen LogP contribution in [0.5, 0.6) is 0 Å². The maximum absolute atomic E-state index is 13.1. The predicted molar refractivity (Wildman–Crippen MR) is 105 cm³/mol. The molecule has 0 spiro atoms. The second-order valence-corrected chi connectivity index (χ2v) is 8.70. The quantitative estimate of drug-likeness (QED) is 0.626. The Balaban J connectivity index is 1.32. The molecule has 144 valence electrons. The molecule has 0 aliphatic carbocycles. The fourth-order valence-corrected chi connectivity index (χ4v) is 5.21. The summed E-state index contributed by atoms with van der Waals surface area (Å²) < 4.78 is 6.53. The third-order valence-corrected chi connectivity index (χ3v) is 6.74. The molecule has 0 unspecified atom stereocenters. The molecule has 9 nitrogen and oxygen atoms in total. The average Bonchev–Trinajstić information content (AvgIpc) is 3.44. The molecule has 2 aliphatic rings. The molecule has 2 bridgehead atoms. The number of hydrogen-bond donors (Lipinski definition) is 1. The first-order chi connectivity index (χ1) is 13.5. The SMILES string of the molecule is O=C(Cn1cn[nH]c1=O)N1C[C@@H]2C[C@H]1CN2C(=O)c1snc2ccc(Br)cc12. The number of rotatable bonds is 3. The predicted octanol–water partition coefficient (Wildman–Crippen LogP) is 1.07. The van der Waals surface area contributed by atoms with Crippen LogP contribution in [0.3, 0.4) is 0 Å². The van der Waals surface area contributed by atoms with Gasteiger partial charge < -0.3 is 9.80 Å². The van der Waals surface area contributed by atoms with Crippen LogP contribution in [0.1, 0.15) is 16.1 Å². The highest BCUT2D eigenvalue weighted by Crippen LogP contribution is 2.34. The third-order valence-electron chi connectivity index (χ3n) is 5.38. The maximum Gasteiger partial charge on any atom is 0.343 e. The Morgan fingerprint density at radius 3 is 2.75 bits per heavy atom. The van der Waals surface area contributed by atoms with E-state index in [1.807, 2.05) is 23.1 Å². The van der Waals surface area contributed by atoms with E-state index in [0.29, 0.717) is 18.0 Å². The van der Waals surface area contributed by atoms with Crippen molar-refractivity contribution < 1.29 is 9.59 Å². The molecule has 2 fully saturated rings. The van der Waals surface area contributed by atoms with E-state index >= 15 is 0 Å². The lowest BCUT2D eigenvalue weighted by Gasteiger charge is -2.34. The number of carbonyl (C=O) groups is 2. The van der Waals surface area contributed by atoms with Gasteiger partial charge in [-0.15, -0.1) is 0 Å². The first-order valence-corrected chi connectivity index (χ1v) is 10.3. The van der Waals surface area contributed by atoms with Gasteiger partial charge in [0, 0.05) is 22.9 Å². The summed E-state index contributed by atoms with van der Waals surface area (Å²) in [5.41, 5.74) is 0.404. The van der Waals surface area contributed by atoms with E-state index in [0.717, 1.165) is 21.8 Å². The van der Waals surface area contributed by atoms with Gasteiger partial charge >= 0.3 is 5.69 Å². The molecular weight excluding hydrogens is 448 g/mol. The van der Waals surface area contributed by atoms with Gasteiger partial charge in [-0.05, 0) is 36.2 Å². The Kier molecular flexibility index (Phi) is 4.09. The van der Waals surface area contributed by atoms with Gasteiger partial charge in [0.1, 0.15) is 17.7 Å². The molecule has 2 aliphatic heterocycles. The average molecular weight is 463 g/mol. The van der Waals surface area contributed by atoms with Crippen molar-refractivity contribution in [3.63, 3.8) is 0 Å². The molecule has 0 saturated carbocycles. The van der Waals surface area contributed by atoms with Crippen LogP contribution in [0, 0.1) is 0 Å². The van der Waals surface area contributed by atoms with Crippen molar-refractivity contribution in [2.75, 3.05) is 13.1 Å². The lowest BCUT2D eigenvalue weighted by atomic mass is 10.2. The number of hydrogen-bond acceptors (Lipinski definition) is 6. The Bertz CT molecular complexity index is 1150. The van der Waals surface area contributed by atoms with Crippen molar-refractivity contribution in [3.8, 4) is 0 Å². The van der Waals surface area contributed by atoms with Crippen LogP contribution in [-0.4, -0.2) is 65.9 Å². The van der Waals surface area contributed by atoms with E-state index in [-0.39, 0.29) is 30.4 Å². The van der Waals surface area contributed by atoms with Crippen molar-refractivity contribution in [1.82, 2.24) is 28.9 Å². The summed E-state index contributed by atoms with van der Waals surface area (Å²) in [5, 5.41) is 6.76. The second-order valence-electron chi connectivity index (χ2n) is 7.01. The number of carbonyl (C=O) groups excluding carboxylic acids is 2. The molecule has 5 rings (SSSR count). The van der Waals surface area contributed by atoms with Crippen LogP contribution in [0.25, 0.3) is 10.9 Å². The first kappa shape index (κ1) is 17.6. The molecule has 28 heavy (non-hydrogen) atoms. The highest BCUT2D eigenvalue weighted by atomic mass is 79.9. The number of amides is 2. The van der Waals surface area contributed by atoms with Crippen LogP contribution in [0.4, 0.5) is 0 Å². The third kappa shape index (κ3) is 2.76. The number of likely N-dealkylation sites (tertiary alicyclic amines) is 2. The standard InChI is InChI=1S/C17H15BrN6O3S/c18-9-1-2-13-12(3-9)15(28-21-13)16(26)24-6-10-4-11(24)5-23(10)14(25)7-22-8-19-20-17(22)27/h1-3,8,10-11H,4-7H2,(H,20,27)/t10-,11-/m0/s1. The second kappa shape index (κ2) is 6.52. The normalized spacial score (nSPS) is 21.0. The molecule has 2 atom stereocenters. The van der Waals surface area contributed by atoms with E-state index < -0.39 is 5.69 Å². The number of fused-ring (bicyclic) bond motifs is 3. The molecule has 2 saturated heterocycles. The zero-order valence-corrected chi connectivity index (χ0v) is 16.9. The van der Waals surface area contributed by atoms with Crippen molar-refractivity contribution in [2.45, 2.75) is 25.0 Å². The van der Waals surface area contributed by atoms with Gasteiger partial charge in [-0.1, -0.05) is 15.9 Å². The van der Waals surface area contributed by atoms with Gasteiger partial charge in [-0.2, -0.15) is 9.47 Å². The summed E-state index contributed by atoms with van der Waals surface area (Å²) in [4.78, 5) is 41.5. The van der Waals surface area contributed by atoms with Crippen LogP contribution in [-0.2, 0) is 11.3 Å². The largest absolute Gasteiger partial charge is 0.343 e. The number of aromatic amines is 1. The molecule has 1 aromatic carbocycles. The summed E-state index contributed by atoms with van der Waals surface area (Å²) in [6.45, 7) is 0.950. The minimum Gasteiger partial charge on any atom is -0.334 e. The number of benzene rings is 1. The summed E-state index contributed by atoms with van der Waals surface area (Å²) in [5.74, 6) is -0.161. The van der Waals surface area contributed by atoms with Crippen molar-refractivity contribution in [2.24, 2.45) is 0 Å². The minimum absolute atomic E-state index is 0.00757. The summed E-state index contributed by atoms with van der Waals surface area (Å²) >= 11 is 4.66. The van der Waals surface area contributed by atoms with E-state index in [9.17, 15) is 14.4 Å². The van der Waals surface area contributed by atoms with Crippen molar-refractivity contribution >= 4 is 50.2 Å². The highest BCUT2D eigenvalue weighted by molar-refractivity contribution is 9.10. The van der Waals surface area contributed by atoms with Crippen LogP contribution in [0.2, 0.25) is 0 Å². The Labute approximate surface area is 171 Å². The van der Waals surface area contributed by atoms with Gasteiger partial charge in [-0.25, -0.2) is 9.89 Å². The number of H-pyrrole nitrogens is 1. The molecule has 1 N–H and O–H groups in total. The Morgan fingerprint density at radius 2 is 2.04 bits per heavy atom. The van der Waals surface area contributed by atoms with Gasteiger partial charge in [-0.3, -0.25) is 14.2 Å². The molecule has 2 amide bonds. The van der Waals surface area contributed by atoms with Crippen LogP contribution < -0.4 is 5.69 Å². The lowest BCUT2D eigenvalue weighted by molar-refractivity contribution is -0.134. The van der Waals surface area contributed by atoms with Crippen molar-refractivity contribution in [3.05, 3.63) is 44.4 Å². The Morgan fingerprint density at radius 1 is 1.25 bits per heavy atom. The van der Waals surface area contributed by atoms with E-state index in [2.05, 4.69) is 30.5 Å². The summed E-state index contributed by atoms with van der Waals surface area (Å²) in [6.07, 6.45) is 2.08. The van der Waals surface area contributed by atoms with Gasteiger partial charge in [0.05, 0.1) is 17.6 Å². The minimum atomic E-state index is -0.405. The zero-order chi connectivity index (χ0) is 19.4. The molecule has 11 heteroatoms.